The highest BCUT2D eigenvalue weighted by Gasteiger charge is 2.26. The van der Waals surface area contributed by atoms with Crippen molar-refractivity contribution in [2.24, 2.45) is 0 Å². The van der Waals surface area contributed by atoms with Crippen LogP contribution in [0.15, 0.2) is 75.5 Å². The van der Waals surface area contributed by atoms with Gasteiger partial charge in [-0.25, -0.2) is 9.78 Å². The fraction of sp³-hybridized carbons (Fsp3) is 0.286. The molecule has 0 bridgehead atoms. The third kappa shape index (κ3) is 6.62. The number of thioether (sulfide) groups is 1. The van der Waals surface area contributed by atoms with Gasteiger partial charge in [0.15, 0.2) is 0 Å². The van der Waals surface area contributed by atoms with Gasteiger partial charge in [0.05, 0.1) is 10.9 Å². The van der Waals surface area contributed by atoms with Crippen molar-refractivity contribution in [3.05, 3.63) is 114 Å². The van der Waals surface area contributed by atoms with Crippen LogP contribution in [0.5, 0.6) is 0 Å². The predicted molar refractivity (Wildman–Crippen MR) is 161 cm³/mol. The summed E-state index contributed by atoms with van der Waals surface area (Å²) in [4.78, 5) is 33.2. The van der Waals surface area contributed by atoms with Crippen molar-refractivity contribution in [1.82, 2.24) is 30.0 Å². The summed E-state index contributed by atoms with van der Waals surface area (Å²) in [6.45, 7) is 2.81. The number of aromatic amines is 1. The third-order valence-corrected chi connectivity index (χ3v) is 9.10. The number of nitrogens with zero attached hydrogens (tertiary/aromatic N) is 4. The number of hydrogen-bond donors (Lipinski definition) is 2. The predicted octanol–water partition coefficient (Wildman–Crippen LogP) is 5.34. The standard InChI is InChI=1S/C28H27Cl3N6O2S/c1-36(20-8-11-32-12-9-20)16-18-3-2-10-33-27(18)40-26(17-4-6-19(29)7-5-17)25-22(30)13-21(14-23(25)31)37-28(39)35-24(38)15-34-37/h2-7,10,13-15,20,26,32H,8-9,11-12,16H2,1H3,(H,35,38,39). The van der Waals surface area contributed by atoms with E-state index in [9.17, 15) is 9.59 Å². The Morgan fingerprint density at radius 2 is 1.77 bits per heavy atom. The minimum atomic E-state index is -0.688. The maximum absolute atomic E-state index is 12.3. The van der Waals surface area contributed by atoms with E-state index in [0.717, 1.165) is 59.5 Å². The second-order valence-corrected chi connectivity index (χ2v) is 11.9. The molecule has 2 aromatic carbocycles. The summed E-state index contributed by atoms with van der Waals surface area (Å²) in [5, 5.41) is 9.20. The van der Waals surface area contributed by atoms with Crippen molar-refractivity contribution in [1.29, 1.82) is 0 Å². The summed E-state index contributed by atoms with van der Waals surface area (Å²) in [5.74, 6) is 0. The Morgan fingerprint density at radius 3 is 2.45 bits per heavy atom. The molecule has 0 radical (unpaired) electrons. The van der Waals surface area contributed by atoms with Gasteiger partial charge in [-0.2, -0.15) is 9.78 Å². The summed E-state index contributed by atoms with van der Waals surface area (Å²) in [5.41, 5.74) is 1.77. The van der Waals surface area contributed by atoms with E-state index >= 15 is 0 Å². The molecule has 3 heterocycles. The molecule has 2 aromatic heterocycles. The molecule has 1 saturated heterocycles. The van der Waals surface area contributed by atoms with Gasteiger partial charge in [0.2, 0.25) is 0 Å². The molecule has 0 amide bonds. The molecule has 1 unspecified atom stereocenters. The highest BCUT2D eigenvalue weighted by atomic mass is 35.5. The van der Waals surface area contributed by atoms with Crippen LogP contribution in [0.1, 0.15) is 34.8 Å². The van der Waals surface area contributed by atoms with Crippen LogP contribution >= 0.6 is 46.6 Å². The van der Waals surface area contributed by atoms with Crippen molar-refractivity contribution in [2.75, 3.05) is 20.1 Å². The smallest absolute Gasteiger partial charge is 0.317 e. The molecule has 40 heavy (non-hydrogen) atoms. The molecule has 1 atom stereocenters. The zero-order chi connectivity index (χ0) is 28.2. The highest BCUT2D eigenvalue weighted by Crippen LogP contribution is 2.47. The van der Waals surface area contributed by atoms with Gasteiger partial charge >= 0.3 is 5.69 Å². The molecule has 1 aliphatic heterocycles. The molecule has 4 aromatic rings. The Morgan fingerprint density at radius 1 is 1.07 bits per heavy atom. The van der Waals surface area contributed by atoms with Gasteiger partial charge in [0, 0.05) is 39.4 Å². The number of pyridine rings is 1. The molecule has 5 rings (SSSR count). The molecule has 2 N–H and O–H groups in total. The van der Waals surface area contributed by atoms with E-state index in [1.165, 1.54) is 0 Å². The zero-order valence-electron chi connectivity index (χ0n) is 21.6. The number of nitrogens with one attached hydrogen (secondary N) is 2. The third-order valence-electron chi connectivity index (χ3n) is 6.89. The van der Waals surface area contributed by atoms with Crippen molar-refractivity contribution < 1.29 is 0 Å². The van der Waals surface area contributed by atoms with Crippen LogP contribution in [-0.2, 0) is 6.54 Å². The van der Waals surface area contributed by atoms with Gasteiger partial charge in [-0.15, -0.1) is 0 Å². The fourth-order valence-electron chi connectivity index (χ4n) is 4.82. The summed E-state index contributed by atoms with van der Waals surface area (Å²) in [6, 6.07) is 15.3. The van der Waals surface area contributed by atoms with E-state index in [2.05, 4.69) is 33.4 Å². The average Bonchev–Trinajstić information content (AvgIpc) is 2.94. The normalized spacial score (nSPS) is 14.9. The van der Waals surface area contributed by atoms with E-state index in [-0.39, 0.29) is 5.25 Å². The van der Waals surface area contributed by atoms with Crippen molar-refractivity contribution in [3.63, 3.8) is 0 Å². The van der Waals surface area contributed by atoms with E-state index in [1.807, 2.05) is 30.3 Å². The first-order chi connectivity index (χ1) is 19.3. The Hall–Kier alpha value is -2.66. The van der Waals surface area contributed by atoms with Crippen molar-refractivity contribution >= 4 is 46.6 Å². The van der Waals surface area contributed by atoms with E-state index in [0.29, 0.717) is 32.4 Å². The molecular weight excluding hydrogens is 591 g/mol. The lowest BCUT2D eigenvalue weighted by atomic mass is 10.0. The Kier molecular flexibility index (Phi) is 9.30. The van der Waals surface area contributed by atoms with Gasteiger partial charge in [0.25, 0.3) is 5.56 Å². The van der Waals surface area contributed by atoms with E-state index in [1.54, 1.807) is 30.1 Å². The van der Waals surface area contributed by atoms with Gasteiger partial charge in [-0.3, -0.25) is 14.7 Å². The average molecular weight is 618 g/mol. The minimum absolute atomic E-state index is 0.329. The second kappa shape index (κ2) is 12.9. The summed E-state index contributed by atoms with van der Waals surface area (Å²) in [6.07, 6.45) is 5.03. The number of halogens is 3. The molecule has 12 heteroatoms. The van der Waals surface area contributed by atoms with Crippen LogP contribution < -0.4 is 16.6 Å². The van der Waals surface area contributed by atoms with Crippen LogP contribution in [0.25, 0.3) is 5.69 Å². The lowest BCUT2D eigenvalue weighted by Crippen LogP contribution is -2.40. The largest absolute Gasteiger partial charge is 0.349 e. The summed E-state index contributed by atoms with van der Waals surface area (Å²) >= 11 is 21.5. The number of rotatable bonds is 8. The Labute approximate surface area is 250 Å². The number of piperidine rings is 1. The van der Waals surface area contributed by atoms with Gasteiger partial charge in [-0.1, -0.05) is 64.8 Å². The monoisotopic (exact) mass is 616 g/mol. The molecule has 208 valence electrons. The Bertz CT molecular complexity index is 1580. The molecule has 1 fully saturated rings. The van der Waals surface area contributed by atoms with Crippen LogP contribution in [0.4, 0.5) is 0 Å². The van der Waals surface area contributed by atoms with Gasteiger partial charge in [-0.05, 0) is 74.4 Å². The van der Waals surface area contributed by atoms with Crippen LogP contribution in [0, 0.1) is 0 Å². The lowest BCUT2D eigenvalue weighted by molar-refractivity contribution is 0.190. The number of benzene rings is 2. The van der Waals surface area contributed by atoms with E-state index < -0.39 is 11.2 Å². The first kappa shape index (κ1) is 28.9. The van der Waals surface area contributed by atoms with Crippen LogP contribution in [-0.4, -0.2) is 50.8 Å². The first-order valence-electron chi connectivity index (χ1n) is 12.7. The maximum atomic E-state index is 12.3. The maximum Gasteiger partial charge on any atom is 0.349 e. The topological polar surface area (TPSA) is 95.9 Å². The van der Waals surface area contributed by atoms with Crippen molar-refractivity contribution in [2.45, 2.75) is 35.7 Å². The highest BCUT2D eigenvalue weighted by molar-refractivity contribution is 7.99. The van der Waals surface area contributed by atoms with Crippen molar-refractivity contribution in [3.8, 4) is 5.69 Å². The molecule has 0 aliphatic carbocycles. The van der Waals surface area contributed by atoms with Crippen LogP contribution in [0.2, 0.25) is 15.1 Å². The van der Waals surface area contributed by atoms with Gasteiger partial charge in [0.1, 0.15) is 11.2 Å². The number of aromatic nitrogens is 4. The molecule has 0 saturated carbocycles. The zero-order valence-corrected chi connectivity index (χ0v) is 24.7. The molecular formula is C28H27Cl3N6O2S. The SMILES string of the molecule is CN(Cc1cccnc1SC(c1ccc(Cl)cc1)c1c(Cl)cc(-n2ncc(=O)[nH]c2=O)cc1Cl)C1CCNCC1. The molecule has 1 aliphatic rings. The Balaban J connectivity index is 1.53. The minimum Gasteiger partial charge on any atom is -0.317 e. The molecule has 8 nitrogen and oxygen atoms in total. The number of hydrogen-bond acceptors (Lipinski definition) is 7. The quantitative estimate of drug-likeness (QED) is 0.258. The summed E-state index contributed by atoms with van der Waals surface area (Å²) in [7, 11) is 2.16. The summed E-state index contributed by atoms with van der Waals surface area (Å²) < 4.78 is 1.04. The first-order valence-corrected chi connectivity index (χ1v) is 14.8. The second-order valence-electron chi connectivity index (χ2n) is 9.59. The lowest BCUT2D eigenvalue weighted by Gasteiger charge is -2.32. The molecule has 0 spiro atoms. The number of H-pyrrole nitrogens is 1. The van der Waals surface area contributed by atoms with Gasteiger partial charge < -0.3 is 5.32 Å². The van der Waals surface area contributed by atoms with Crippen LogP contribution in [0.3, 0.4) is 0 Å². The van der Waals surface area contributed by atoms with E-state index in [4.69, 9.17) is 39.8 Å². The fourth-order valence-corrected chi connectivity index (χ4v) is 7.06.